The minimum Gasteiger partial charge on any atom is -0.361 e. The highest BCUT2D eigenvalue weighted by atomic mass is 14.7. The van der Waals surface area contributed by atoms with Crippen molar-refractivity contribution in [3.63, 3.8) is 0 Å². The molecule has 16 heavy (non-hydrogen) atoms. The maximum atomic E-state index is 4.24. The second kappa shape index (κ2) is 3.93. The Morgan fingerprint density at radius 2 is 2.31 bits per heavy atom. The van der Waals surface area contributed by atoms with Crippen molar-refractivity contribution in [2.45, 2.75) is 38.5 Å². The van der Waals surface area contributed by atoms with Crippen molar-refractivity contribution in [1.82, 2.24) is 9.97 Å². The average molecular weight is 214 g/mol. The minimum atomic E-state index is 0.738. The number of fused-ring (bicyclic) bond motifs is 1. The highest BCUT2D eigenvalue weighted by Gasteiger charge is 2.22. The second-order valence-corrected chi connectivity index (χ2v) is 5.13. The van der Waals surface area contributed by atoms with Gasteiger partial charge < -0.3 is 4.98 Å². The number of nitrogens with one attached hydrogen (secondary N) is 1. The summed E-state index contributed by atoms with van der Waals surface area (Å²) in [6.45, 7) is 2.37. The molecule has 1 aliphatic rings. The highest BCUT2D eigenvalue weighted by molar-refractivity contribution is 5.82. The van der Waals surface area contributed by atoms with Gasteiger partial charge in [-0.1, -0.05) is 19.8 Å². The Labute approximate surface area is 96.1 Å². The van der Waals surface area contributed by atoms with Crippen LogP contribution in [0.25, 0.3) is 10.9 Å². The van der Waals surface area contributed by atoms with Gasteiger partial charge in [-0.2, -0.15) is 0 Å². The van der Waals surface area contributed by atoms with Gasteiger partial charge in [-0.05, 0) is 36.3 Å². The molecule has 0 spiro atoms. The molecule has 1 fully saturated rings. The lowest BCUT2D eigenvalue weighted by molar-refractivity contribution is 0.345. The van der Waals surface area contributed by atoms with Crippen molar-refractivity contribution in [3.8, 4) is 0 Å². The Morgan fingerprint density at radius 1 is 1.38 bits per heavy atom. The van der Waals surface area contributed by atoms with Crippen LogP contribution in [0, 0.1) is 5.92 Å². The Hall–Kier alpha value is -1.31. The predicted molar refractivity (Wildman–Crippen MR) is 66.5 cm³/mol. The highest BCUT2D eigenvalue weighted by Crippen LogP contribution is 2.38. The van der Waals surface area contributed by atoms with Crippen LogP contribution in [-0.2, 0) is 0 Å². The normalized spacial score (nSPS) is 26.1. The number of H-pyrrole nitrogens is 1. The SMILES string of the molecule is C[C@@H]1CCC[C@H](c2c[nH]c3ccncc23)C1. The van der Waals surface area contributed by atoms with Crippen molar-refractivity contribution in [3.05, 3.63) is 30.2 Å². The molecule has 0 radical (unpaired) electrons. The van der Waals surface area contributed by atoms with E-state index in [2.05, 4.69) is 29.2 Å². The zero-order valence-electron chi connectivity index (χ0n) is 9.74. The standard InChI is InChI=1S/C14H18N2/c1-10-3-2-4-11(7-10)12-9-16-14-5-6-15-8-13(12)14/h5-6,8-11,16H,2-4,7H2,1H3/t10-,11+/m1/s1. The van der Waals surface area contributed by atoms with Crippen LogP contribution in [0.2, 0.25) is 0 Å². The van der Waals surface area contributed by atoms with Crippen LogP contribution in [0.3, 0.4) is 0 Å². The third-order valence-electron chi connectivity index (χ3n) is 3.89. The molecule has 0 bridgehead atoms. The molecule has 1 saturated carbocycles. The van der Waals surface area contributed by atoms with E-state index in [4.69, 9.17) is 0 Å². The molecule has 2 aromatic heterocycles. The molecule has 0 aliphatic heterocycles. The summed E-state index contributed by atoms with van der Waals surface area (Å²) in [5.41, 5.74) is 2.71. The second-order valence-electron chi connectivity index (χ2n) is 5.13. The van der Waals surface area contributed by atoms with Gasteiger partial charge in [0.2, 0.25) is 0 Å². The Kier molecular flexibility index (Phi) is 2.43. The van der Waals surface area contributed by atoms with Gasteiger partial charge in [-0.25, -0.2) is 0 Å². The van der Waals surface area contributed by atoms with Gasteiger partial charge >= 0.3 is 0 Å². The van der Waals surface area contributed by atoms with Crippen molar-refractivity contribution in [2.75, 3.05) is 0 Å². The van der Waals surface area contributed by atoms with Crippen LogP contribution >= 0.6 is 0 Å². The van der Waals surface area contributed by atoms with E-state index in [0.717, 1.165) is 11.8 Å². The molecule has 84 valence electrons. The number of aromatic amines is 1. The van der Waals surface area contributed by atoms with Gasteiger partial charge in [0.25, 0.3) is 0 Å². The van der Waals surface area contributed by atoms with Crippen molar-refractivity contribution >= 4 is 10.9 Å². The first-order valence-electron chi connectivity index (χ1n) is 6.25. The number of hydrogen-bond donors (Lipinski definition) is 1. The van der Waals surface area contributed by atoms with E-state index in [1.165, 1.54) is 42.1 Å². The Morgan fingerprint density at radius 3 is 3.19 bits per heavy atom. The molecule has 3 rings (SSSR count). The average Bonchev–Trinajstić information content (AvgIpc) is 2.72. The fourth-order valence-electron chi connectivity index (χ4n) is 3.04. The fourth-order valence-corrected chi connectivity index (χ4v) is 3.04. The molecule has 2 aromatic rings. The number of pyridine rings is 1. The molecule has 1 aliphatic carbocycles. The van der Waals surface area contributed by atoms with Gasteiger partial charge in [0.15, 0.2) is 0 Å². The first kappa shape index (κ1) is 9.88. The van der Waals surface area contributed by atoms with E-state index < -0.39 is 0 Å². The van der Waals surface area contributed by atoms with E-state index in [0.29, 0.717) is 0 Å². The summed E-state index contributed by atoms with van der Waals surface area (Å²) in [5, 5.41) is 1.32. The van der Waals surface area contributed by atoms with E-state index >= 15 is 0 Å². The summed E-state index contributed by atoms with van der Waals surface area (Å²) in [7, 11) is 0. The van der Waals surface area contributed by atoms with Crippen LogP contribution in [-0.4, -0.2) is 9.97 Å². The lowest BCUT2D eigenvalue weighted by Crippen LogP contribution is -2.11. The zero-order chi connectivity index (χ0) is 11.0. The van der Waals surface area contributed by atoms with E-state index in [1.54, 1.807) is 0 Å². The Balaban J connectivity index is 1.99. The quantitative estimate of drug-likeness (QED) is 0.767. The van der Waals surface area contributed by atoms with Crippen LogP contribution in [0.15, 0.2) is 24.7 Å². The van der Waals surface area contributed by atoms with E-state index in [9.17, 15) is 0 Å². The smallest absolute Gasteiger partial charge is 0.0487 e. The molecule has 1 N–H and O–H groups in total. The van der Waals surface area contributed by atoms with Crippen molar-refractivity contribution in [1.29, 1.82) is 0 Å². The molecule has 0 amide bonds. The van der Waals surface area contributed by atoms with Gasteiger partial charge in [0.05, 0.1) is 0 Å². The number of aromatic nitrogens is 2. The summed E-state index contributed by atoms with van der Waals surface area (Å²) in [6.07, 6.45) is 11.5. The molecule has 0 aromatic carbocycles. The van der Waals surface area contributed by atoms with Crippen LogP contribution in [0.1, 0.15) is 44.1 Å². The lowest BCUT2D eigenvalue weighted by atomic mass is 9.79. The molecule has 2 atom stereocenters. The van der Waals surface area contributed by atoms with Crippen molar-refractivity contribution in [2.24, 2.45) is 5.92 Å². The molecule has 2 nitrogen and oxygen atoms in total. The number of nitrogens with zero attached hydrogens (tertiary/aromatic N) is 1. The number of hydrogen-bond acceptors (Lipinski definition) is 1. The predicted octanol–water partition coefficient (Wildman–Crippen LogP) is 3.86. The maximum Gasteiger partial charge on any atom is 0.0487 e. The summed E-state index contributed by atoms with van der Waals surface area (Å²) in [5.74, 6) is 1.61. The lowest BCUT2D eigenvalue weighted by Gasteiger charge is -2.26. The minimum absolute atomic E-state index is 0.738. The maximum absolute atomic E-state index is 4.24. The third kappa shape index (κ3) is 1.62. The van der Waals surface area contributed by atoms with Gasteiger partial charge in [0.1, 0.15) is 0 Å². The van der Waals surface area contributed by atoms with Crippen LogP contribution in [0.5, 0.6) is 0 Å². The van der Waals surface area contributed by atoms with Gasteiger partial charge in [0, 0.05) is 29.5 Å². The molecule has 2 heterocycles. The molecule has 0 unspecified atom stereocenters. The molecular weight excluding hydrogens is 196 g/mol. The molecular formula is C14H18N2. The monoisotopic (exact) mass is 214 g/mol. The van der Waals surface area contributed by atoms with Crippen molar-refractivity contribution < 1.29 is 0 Å². The fraction of sp³-hybridized carbons (Fsp3) is 0.500. The third-order valence-corrected chi connectivity index (χ3v) is 3.89. The van der Waals surface area contributed by atoms with Gasteiger partial charge in [-0.3, -0.25) is 4.98 Å². The van der Waals surface area contributed by atoms with E-state index in [1.807, 2.05) is 12.4 Å². The largest absolute Gasteiger partial charge is 0.361 e. The summed E-state index contributed by atoms with van der Waals surface area (Å²) >= 11 is 0. The summed E-state index contributed by atoms with van der Waals surface area (Å²) in [6, 6.07) is 2.06. The molecule has 0 saturated heterocycles. The first-order chi connectivity index (χ1) is 7.84. The van der Waals surface area contributed by atoms with Gasteiger partial charge in [-0.15, -0.1) is 0 Å². The van der Waals surface area contributed by atoms with Crippen LogP contribution in [0.4, 0.5) is 0 Å². The summed E-state index contributed by atoms with van der Waals surface area (Å²) < 4.78 is 0. The molecule has 2 heteroatoms. The Bertz CT molecular complexity index is 486. The van der Waals surface area contributed by atoms with E-state index in [-0.39, 0.29) is 0 Å². The summed E-state index contributed by atoms with van der Waals surface area (Å²) in [4.78, 5) is 7.60. The number of rotatable bonds is 1. The topological polar surface area (TPSA) is 28.7 Å². The first-order valence-corrected chi connectivity index (χ1v) is 6.25. The van der Waals surface area contributed by atoms with Crippen LogP contribution < -0.4 is 0 Å². The zero-order valence-corrected chi connectivity index (χ0v) is 9.74.